The van der Waals surface area contributed by atoms with E-state index in [1.165, 1.54) is 31.2 Å². The van der Waals surface area contributed by atoms with Crippen molar-refractivity contribution in [1.29, 1.82) is 0 Å². The van der Waals surface area contributed by atoms with Crippen LogP contribution in [0.4, 0.5) is 5.69 Å². The van der Waals surface area contributed by atoms with E-state index in [4.69, 9.17) is 4.74 Å². The summed E-state index contributed by atoms with van der Waals surface area (Å²) in [5, 5.41) is 2.58. The van der Waals surface area contributed by atoms with E-state index in [2.05, 4.69) is 21.9 Å². The van der Waals surface area contributed by atoms with Gasteiger partial charge in [-0.2, -0.15) is 4.72 Å². The van der Waals surface area contributed by atoms with Crippen LogP contribution in [0.25, 0.3) is 0 Å². The summed E-state index contributed by atoms with van der Waals surface area (Å²) >= 11 is 0. The van der Waals surface area contributed by atoms with E-state index in [0.717, 1.165) is 11.3 Å². The number of hydrogen-bond acceptors (Lipinski definition) is 4. The highest BCUT2D eigenvalue weighted by Crippen LogP contribution is 2.15. The summed E-state index contributed by atoms with van der Waals surface area (Å²) in [4.78, 5) is 11.1. The van der Waals surface area contributed by atoms with Crippen LogP contribution in [0.3, 0.4) is 0 Å². The van der Waals surface area contributed by atoms with E-state index in [-0.39, 0.29) is 24.0 Å². The molecule has 0 saturated heterocycles. The fourth-order valence-electron chi connectivity index (χ4n) is 2.08. The van der Waals surface area contributed by atoms with Crippen LogP contribution in [0, 0.1) is 18.8 Å². The number of para-hydroxylation sites is 1. The highest BCUT2D eigenvalue weighted by Gasteiger charge is 2.12. The molecular formula is C19H20N2O4S. The lowest BCUT2D eigenvalue weighted by atomic mass is 10.2. The summed E-state index contributed by atoms with van der Waals surface area (Å²) in [7, 11) is -3.66. The molecule has 2 aromatic rings. The van der Waals surface area contributed by atoms with Crippen LogP contribution in [0.1, 0.15) is 12.5 Å². The second-order valence-electron chi connectivity index (χ2n) is 5.44. The Morgan fingerprint density at radius 1 is 1.08 bits per heavy atom. The maximum absolute atomic E-state index is 12.2. The molecule has 0 aliphatic rings. The molecule has 26 heavy (non-hydrogen) atoms. The van der Waals surface area contributed by atoms with Gasteiger partial charge in [-0.3, -0.25) is 4.79 Å². The van der Waals surface area contributed by atoms with Crippen molar-refractivity contribution in [2.75, 3.05) is 18.5 Å². The Kier molecular flexibility index (Phi) is 6.78. The Morgan fingerprint density at radius 3 is 2.42 bits per heavy atom. The van der Waals surface area contributed by atoms with Gasteiger partial charge in [0.15, 0.2) is 0 Å². The molecule has 0 heterocycles. The van der Waals surface area contributed by atoms with Gasteiger partial charge in [0.05, 0.1) is 11.4 Å². The van der Waals surface area contributed by atoms with Crippen LogP contribution in [0.2, 0.25) is 0 Å². The van der Waals surface area contributed by atoms with E-state index in [1.54, 1.807) is 0 Å². The maximum Gasteiger partial charge on any atom is 0.241 e. The minimum Gasteiger partial charge on any atom is -0.481 e. The van der Waals surface area contributed by atoms with Gasteiger partial charge in [0.1, 0.15) is 12.4 Å². The lowest BCUT2D eigenvalue weighted by Crippen LogP contribution is -2.24. The number of carbonyl (C=O) groups excluding carboxylic acids is 1. The molecule has 2 rings (SSSR count). The van der Waals surface area contributed by atoms with Crippen LogP contribution in [-0.2, 0) is 14.8 Å². The van der Waals surface area contributed by atoms with E-state index in [9.17, 15) is 13.2 Å². The minimum atomic E-state index is -3.66. The number of anilines is 1. The Hall–Kier alpha value is -2.82. The van der Waals surface area contributed by atoms with Gasteiger partial charge in [-0.1, -0.05) is 30.0 Å². The standard InChI is InChI=1S/C19H20N2O4S/c1-15-7-3-4-8-19(15)25-14-6-5-13-20-26(23,24)18-11-9-17(10-12-18)21-16(2)22/h3-4,7-12,20H,13-14H2,1-2H3,(H,21,22). The first-order valence-corrected chi connectivity index (χ1v) is 9.38. The SMILES string of the molecule is CC(=O)Nc1ccc(S(=O)(=O)NCC#CCOc2ccccc2C)cc1. The molecule has 0 atom stereocenters. The fourth-order valence-corrected chi connectivity index (χ4v) is 3.00. The van der Waals surface area contributed by atoms with Gasteiger partial charge < -0.3 is 10.1 Å². The minimum absolute atomic E-state index is 0.0209. The molecule has 0 fully saturated rings. The Morgan fingerprint density at radius 2 is 1.77 bits per heavy atom. The molecule has 6 nitrogen and oxygen atoms in total. The summed E-state index contributed by atoms with van der Waals surface area (Å²) in [5.41, 5.74) is 1.54. The van der Waals surface area contributed by atoms with Crippen LogP contribution in [-0.4, -0.2) is 27.5 Å². The third kappa shape index (κ3) is 5.92. The lowest BCUT2D eigenvalue weighted by molar-refractivity contribution is -0.114. The van der Waals surface area contributed by atoms with E-state index >= 15 is 0 Å². The number of benzene rings is 2. The number of sulfonamides is 1. The molecular weight excluding hydrogens is 352 g/mol. The van der Waals surface area contributed by atoms with Gasteiger partial charge in [0.2, 0.25) is 15.9 Å². The predicted octanol–water partition coefficient (Wildman–Crippen LogP) is 2.31. The smallest absolute Gasteiger partial charge is 0.241 e. The van der Waals surface area contributed by atoms with E-state index in [0.29, 0.717) is 5.69 Å². The molecule has 0 spiro atoms. The molecule has 0 aliphatic carbocycles. The van der Waals surface area contributed by atoms with Crippen LogP contribution < -0.4 is 14.8 Å². The monoisotopic (exact) mass is 372 g/mol. The fraction of sp³-hybridized carbons (Fsp3) is 0.211. The largest absolute Gasteiger partial charge is 0.481 e. The zero-order valence-corrected chi connectivity index (χ0v) is 15.4. The van der Waals surface area contributed by atoms with Crippen molar-refractivity contribution >= 4 is 21.6 Å². The maximum atomic E-state index is 12.2. The zero-order chi connectivity index (χ0) is 19.0. The molecule has 0 saturated carbocycles. The average molecular weight is 372 g/mol. The van der Waals surface area contributed by atoms with Crippen molar-refractivity contribution in [3.8, 4) is 17.6 Å². The third-order valence-corrected chi connectivity index (χ3v) is 4.77. The van der Waals surface area contributed by atoms with Crippen molar-refractivity contribution in [3.63, 3.8) is 0 Å². The Balaban J connectivity index is 1.85. The first-order chi connectivity index (χ1) is 12.4. The molecule has 136 valence electrons. The van der Waals surface area contributed by atoms with Gasteiger partial charge >= 0.3 is 0 Å². The lowest BCUT2D eigenvalue weighted by Gasteiger charge is -2.06. The van der Waals surface area contributed by atoms with Gasteiger partial charge in [0, 0.05) is 12.6 Å². The topological polar surface area (TPSA) is 84.5 Å². The number of aryl methyl sites for hydroxylation is 1. The molecule has 0 unspecified atom stereocenters. The van der Waals surface area contributed by atoms with Crippen LogP contribution >= 0.6 is 0 Å². The second-order valence-corrected chi connectivity index (χ2v) is 7.20. The summed E-state index contributed by atoms with van der Waals surface area (Å²) in [6.45, 7) is 3.48. The molecule has 0 bridgehead atoms. The predicted molar refractivity (Wildman–Crippen MR) is 100 cm³/mol. The average Bonchev–Trinajstić information content (AvgIpc) is 2.59. The Labute approximate surface area is 153 Å². The van der Waals surface area contributed by atoms with Crippen molar-refractivity contribution in [2.45, 2.75) is 18.7 Å². The molecule has 1 amide bonds. The number of hydrogen-bond donors (Lipinski definition) is 2. The third-order valence-electron chi connectivity index (χ3n) is 3.35. The molecule has 0 radical (unpaired) electrons. The van der Waals surface area contributed by atoms with E-state index in [1.807, 2.05) is 31.2 Å². The number of rotatable bonds is 6. The summed E-state index contributed by atoms with van der Waals surface area (Å²) in [6.07, 6.45) is 0. The van der Waals surface area contributed by atoms with Crippen molar-refractivity contribution in [2.24, 2.45) is 0 Å². The van der Waals surface area contributed by atoms with E-state index < -0.39 is 10.0 Å². The van der Waals surface area contributed by atoms with Crippen molar-refractivity contribution in [3.05, 3.63) is 54.1 Å². The zero-order valence-electron chi connectivity index (χ0n) is 14.6. The second kappa shape index (κ2) is 9.04. The Bertz CT molecular complexity index is 926. The highest BCUT2D eigenvalue weighted by molar-refractivity contribution is 7.89. The normalized spacial score (nSPS) is 10.5. The van der Waals surface area contributed by atoms with Crippen LogP contribution in [0.5, 0.6) is 5.75 Å². The van der Waals surface area contributed by atoms with Crippen LogP contribution in [0.15, 0.2) is 53.4 Å². The van der Waals surface area contributed by atoms with Gasteiger partial charge in [-0.05, 0) is 42.8 Å². The molecule has 0 aliphatic heterocycles. The first kappa shape index (κ1) is 19.5. The van der Waals surface area contributed by atoms with Crippen molar-refractivity contribution in [1.82, 2.24) is 4.72 Å². The number of ether oxygens (including phenoxy) is 1. The van der Waals surface area contributed by atoms with Gasteiger partial charge in [-0.15, -0.1) is 0 Å². The molecule has 2 N–H and O–H groups in total. The molecule has 0 aromatic heterocycles. The number of nitrogens with one attached hydrogen (secondary N) is 2. The summed E-state index contributed by atoms with van der Waals surface area (Å²) in [6, 6.07) is 13.5. The molecule has 2 aromatic carbocycles. The van der Waals surface area contributed by atoms with Crippen molar-refractivity contribution < 1.29 is 17.9 Å². The summed E-state index contributed by atoms with van der Waals surface area (Å²) < 4.78 is 32.2. The number of carbonyl (C=O) groups is 1. The first-order valence-electron chi connectivity index (χ1n) is 7.90. The molecule has 7 heteroatoms. The summed E-state index contributed by atoms with van der Waals surface area (Å²) in [5.74, 6) is 6.02. The van der Waals surface area contributed by atoms with Gasteiger partial charge in [0.25, 0.3) is 0 Å². The number of amides is 1. The quantitative estimate of drug-likeness (QED) is 0.762. The van der Waals surface area contributed by atoms with Gasteiger partial charge in [-0.25, -0.2) is 8.42 Å². The highest BCUT2D eigenvalue weighted by atomic mass is 32.2.